The van der Waals surface area contributed by atoms with E-state index in [1.165, 1.54) is 12.3 Å². The summed E-state index contributed by atoms with van der Waals surface area (Å²) in [5, 5.41) is 28.2. The summed E-state index contributed by atoms with van der Waals surface area (Å²) >= 11 is 0. The number of aliphatic hydroxyl groups excluding tert-OH is 3. The van der Waals surface area contributed by atoms with Crippen LogP contribution in [0.15, 0.2) is 17.1 Å². The number of nitrogens with zero attached hydrogens (tertiary/aromatic N) is 2. The number of nitrogens with two attached hydrogens (primary N) is 1. The molecule has 2 rings (SSSR count). The molecule has 0 radical (unpaired) electrons. The summed E-state index contributed by atoms with van der Waals surface area (Å²) in [6, 6.07) is 1.37. The maximum absolute atomic E-state index is 11.5. The first-order valence-corrected chi connectivity index (χ1v) is 5.01. The van der Waals surface area contributed by atoms with Gasteiger partial charge in [0.25, 0.3) is 0 Å². The topological polar surface area (TPSA) is 131 Å². The first-order chi connectivity index (χ1) is 8.04. The number of rotatable bonds is 2. The Balaban J connectivity index is 0.00000162. The molecule has 9 heteroatoms. The van der Waals surface area contributed by atoms with Gasteiger partial charge in [-0.1, -0.05) is 0 Å². The van der Waals surface area contributed by atoms with E-state index >= 15 is 0 Å². The van der Waals surface area contributed by atoms with E-state index < -0.39 is 36.8 Å². The van der Waals surface area contributed by atoms with Crippen LogP contribution in [0.25, 0.3) is 0 Å². The Morgan fingerprint density at radius 1 is 1.44 bits per heavy atom. The Bertz CT molecular complexity index is 468. The van der Waals surface area contributed by atoms with E-state index in [9.17, 15) is 15.0 Å². The van der Waals surface area contributed by atoms with Gasteiger partial charge >= 0.3 is 57.1 Å². The predicted molar refractivity (Wildman–Crippen MR) is 63.1 cm³/mol. The second-order valence-corrected chi connectivity index (χ2v) is 3.77. The first kappa shape index (κ1) is 16.2. The molecular weight excluding hydrogens is 269 g/mol. The van der Waals surface area contributed by atoms with Crippen molar-refractivity contribution >= 4 is 57.2 Å². The molecule has 8 nitrogen and oxygen atoms in total. The second-order valence-electron chi connectivity index (χ2n) is 3.77. The zero-order valence-electron chi connectivity index (χ0n) is 8.80. The van der Waals surface area contributed by atoms with E-state index in [2.05, 4.69) is 4.98 Å². The molecule has 0 aromatic carbocycles. The van der Waals surface area contributed by atoms with E-state index in [1.807, 2.05) is 0 Å². The van der Waals surface area contributed by atoms with Crippen molar-refractivity contribution in [1.82, 2.24) is 9.55 Å². The van der Waals surface area contributed by atoms with Crippen LogP contribution in [-0.2, 0) is 4.74 Å². The first-order valence-electron chi connectivity index (χ1n) is 5.01. The fraction of sp³-hybridized carbons (Fsp3) is 0.556. The Morgan fingerprint density at radius 2 is 2.11 bits per heavy atom. The molecule has 18 heavy (non-hydrogen) atoms. The third-order valence-corrected chi connectivity index (χ3v) is 2.64. The standard InChI is InChI=1S/C9H13N3O5.K.H/c10-5-1-2-12(9(16)11-5)8-7(15)6(14)4(3-13)17-8;;/h1-2,4,6-8,13-15H,3H2,(H2,10,11,16);;/t4-,6?,7?,8-;;/m1../s1. The van der Waals surface area contributed by atoms with Crippen molar-refractivity contribution in [3.05, 3.63) is 22.7 Å². The maximum atomic E-state index is 11.5. The number of aliphatic hydroxyl groups is 3. The van der Waals surface area contributed by atoms with Gasteiger partial charge in [0, 0.05) is 6.20 Å². The summed E-state index contributed by atoms with van der Waals surface area (Å²) in [5.41, 5.74) is 4.63. The van der Waals surface area contributed by atoms with Crippen LogP contribution in [0, 0.1) is 0 Å². The number of aromatic nitrogens is 2. The Hall–Kier alpha value is 0.156. The molecule has 0 aliphatic carbocycles. The Kier molecular flexibility index (Phi) is 5.90. The molecule has 1 saturated heterocycles. The molecule has 0 saturated carbocycles. The summed E-state index contributed by atoms with van der Waals surface area (Å²) < 4.78 is 6.19. The molecule has 4 atom stereocenters. The molecule has 5 N–H and O–H groups in total. The van der Waals surface area contributed by atoms with Crippen LogP contribution in [0.2, 0.25) is 0 Å². The fourth-order valence-corrected chi connectivity index (χ4v) is 1.73. The van der Waals surface area contributed by atoms with Gasteiger partial charge in [-0.3, -0.25) is 4.57 Å². The average molecular weight is 283 g/mol. The van der Waals surface area contributed by atoms with Gasteiger partial charge in [-0.25, -0.2) is 4.79 Å². The van der Waals surface area contributed by atoms with Crippen LogP contribution in [-0.4, -0.2) is 101 Å². The monoisotopic (exact) mass is 283 g/mol. The van der Waals surface area contributed by atoms with Crippen molar-refractivity contribution in [3.8, 4) is 0 Å². The van der Waals surface area contributed by atoms with Crippen molar-refractivity contribution in [2.45, 2.75) is 24.5 Å². The molecule has 1 fully saturated rings. The van der Waals surface area contributed by atoms with Gasteiger partial charge in [0.15, 0.2) is 6.23 Å². The summed E-state index contributed by atoms with van der Waals surface area (Å²) in [6.45, 7) is -0.453. The number of hydrogen-bond acceptors (Lipinski definition) is 7. The minimum absolute atomic E-state index is 0. The molecule has 1 aromatic rings. The molecule has 96 valence electrons. The van der Waals surface area contributed by atoms with Crippen molar-refractivity contribution < 1.29 is 20.1 Å². The van der Waals surface area contributed by atoms with Gasteiger partial charge in [0.05, 0.1) is 6.61 Å². The van der Waals surface area contributed by atoms with Crippen molar-refractivity contribution in [2.24, 2.45) is 0 Å². The van der Waals surface area contributed by atoms with Gasteiger partial charge in [-0.15, -0.1) is 0 Å². The molecule has 1 aromatic heterocycles. The van der Waals surface area contributed by atoms with Crippen molar-refractivity contribution in [1.29, 1.82) is 0 Å². The third-order valence-electron chi connectivity index (χ3n) is 2.64. The van der Waals surface area contributed by atoms with Crippen LogP contribution in [0.1, 0.15) is 6.23 Å². The van der Waals surface area contributed by atoms with Gasteiger partial charge in [0.1, 0.15) is 24.1 Å². The minimum atomic E-state index is -1.31. The van der Waals surface area contributed by atoms with Crippen LogP contribution < -0.4 is 11.4 Å². The summed E-state index contributed by atoms with van der Waals surface area (Å²) in [7, 11) is 0. The van der Waals surface area contributed by atoms with Crippen LogP contribution in [0.5, 0.6) is 0 Å². The van der Waals surface area contributed by atoms with E-state index in [1.54, 1.807) is 0 Å². The Labute approximate surface area is 145 Å². The van der Waals surface area contributed by atoms with Gasteiger partial charge in [-0.2, -0.15) is 4.98 Å². The zero-order valence-corrected chi connectivity index (χ0v) is 8.80. The van der Waals surface area contributed by atoms with Crippen LogP contribution in [0.3, 0.4) is 0 Å². The van der Waals surface area contributed by atoms with E-state index in [4.69, 9.17) is 15.6 Å². The molecule has 0 spiro atoms. The van der Waals surface area contributed by atoms with Crippen LogP contribution >= 0.6 is 0 Å². The third kappa shape index (κ3) is 3.00. The molecule has 0 amide bonds. The second kappa shape index (κ2) is 6.55. The van der Waals surface area contributed by atoms with E-state index in [-0.39, 0.29) is 57.2 Å². The van der Waals surface area contributed by atoms with E-state index in [0.717, 1.165) is 4.57 Å². The number of anilines is 1. The molecule has 2 unspecified atom stereocenters. The molecule has 0 bridgehead atoms. The summed E-state index contributed by atoms with van der Waals surface area (Å²) in [5.74, 6) is 0.0537. The van der Waals surface area contributed by atoms with Crippen molar-refractivity contribution in [3.63, 3.8) is 0 Å². The van der Waals surface area contributed by atoms with Gasteiger partial charge in [-0.05, 0) is 6.07 Å². The number of hydrogen-bond donors (Lipinski definition) is 4. The van der Waals surface area contributed by atoms with E-state index in [0.29, 0.717) is 0 Å². The predicted octanol–water partition coefficient (Wildman–Crippen LogP) is -3.21. The summed E-state index contributed by atoms with van der Waals surface area (Å²) in [4.78, 5) is 15.0. The molecular formula is C9H14KN3O5. The normalized spacial score (nSPS) is 31.1. The fourth-order valence-electron chi connectivity index (χ4n) is 1.73. The van der Waals surface area contributed by atoms with Crippen LogP contribution in [0.4, 0.5) is 5.82 Å². The number of nitrogen functional groups attached to an aromatic ring is 1. The number of ether oxygens (including phenoxy) is 1. The Morgan fingerprint density at radius 3 is 2.61 bits per heavy atom. The molecule has 1 aliphatic heterocycles. The molecule has 2 heterocycles. The molecule has 1 aliphatic rings. The summed E-state index contributed by atoms with van der Waals surface area (Å²) in [6.07, 6.45) is -3.27. The van der Waals surface area contributed by atoms with Crippen molar-refractivity contribution in [2.75, 3.05) is 12.3 Å². The average Bonchev–Trinajstić information content (AvgIpc) is 2.57. The van der Waals surface area contributed by atoms with Gasteiger partial charge in [0.2, 0.25) is 0 Å². The van der Waals surface area contributed by atoms with Gasteiger partial charge < -0.3 is 25.8 Å². The zero-order chi connectivity index (χ0) is 12.6. The SMILES string of the molecule is Nc1ccn([C@@H]2O[C@H](CO)C(O)C2O)c(=O)n1.[KH]. The quantitative estimate of drug-likeness (QED) is 0.420.